The summed E-state index contributed by atoms with van der Waals surface area (Å²) in [6.07, 6.45) is 3.38. The fourth-order valence-corrected chi connectivity index (χ4v) is 3.63. The van der Waals surface area contributed by atoms with Gasteiger partial charge in [-0.05, 0) is 51.0 Å². The van der Waals surface area contributed by atoms with Gasteiger partial charge in [0.15, 0.2) is 0 Å². The topological polar surface area (TPSA) is 108 Å². The van der Waals surface area contributed by atoms with Gasteiger partial charge in [0, 0.05) is 28.9 Å². The third kappa shape index (κ3) is 3.93. The summed E-state index contributed by atoms with van der Waals surface area (Å²) in [5, 5.41) is 26.1. The lowest BCUT2D eigenvalue weighted by molar-refractivity contribution is 0.308. The lowest BCUT2D eigenvalue weighted by Crippen LogP contribution is -2.28. The van der Waals surface area contributed by atoms with Crippen molar-refractivity contribution in [2.24, 2.45) is 5.41 Å². The molecule has 0 spiro atoms. The number of allylic oxidation sites excluding steroid dienone is 2. The van der Waals surface area contributed by atoms with E-state index >= 15 is 0 Å². The maximum absolute atomic E-state index is 9.93. The van der Waals surface area contributed by atoms with E-state index in [0.29, 0.717) is 23.5 Å². The van der Waals surface area contributed by atoms with Crippen LogP contribution in [0.15, 0.2) is 21.9 Å². The van der Waals surface area contributed by atoms with Crippen LogP contribution >= 0.6 is 0 Å². The summed E-state index contributed by atoms with van der Waals surface area (Å²) in [5.41, 5.74) is 4.61. The minimum Gasteiger partial charge on any atom is -0.493 e. The van der Waals surface area contributed by atoms with Crippen LogP contribution in [0.1, 0.15) is 64.1 Å². The molecular weight excluding hydrogens is 354 g/mol. The minimum atomic E-state index is 0.0328. The van der Waals surface area contributed by atoms with E-state index in [1.165, 1.54) is 0 Å². The van der Waals surface area contributed by atoms with Crippen LogP contribution in [-0.2, 0) is 6.42 Å². The molecule has 2 aromatic heterocycles. The first-order valence-corrected chi connectivity index (χ1v) is 9.84. The van der Waals surface area contributed by atoms with Crippen LogP contribution in [0.2, 0.25) is 0 Å². The minimum absolute atomic E-state index is 0.0328. The first-order valence-electron chi connectivity index (χ1n) is 9.84. The highest BCUT2D eigenvalue weighted by Gasteiger charge is 2.30. The van der Waals surface area contributed by atoms with Crippen molar-refractivity contribution >= 4 is 5.71 Å². The number of aryl methyl sites for hydroxylation is 2. The second kappa shape index (κ2) is 7.73. The molecule has 0 saturated carbocycles. The van der Waals surface area contributed by atoms with Crippen LogP contribution in [0.3, 0.4) is 0 Å². The number of hydrogen-bond acceptors (Lipinski definition) is 7. The Morgan fingerprint density at radius 1 is 1.32 bits per heavy atom. The van der Waals surface area contributed by atoms with Gasteiger partial charge in [-0.3, -0.25) is 5.41 Å². The number of hydrogen-bond donors (Lipinski definition) is 3. The van der Waals surface area contributed by atoms with Crippen LogP contribution < -0.4 is 5.32 Å². The van der Waals surface area contributed by atoms with Crippen LogP contribution in [0.4, 0.5) is 0 Å². The maximum atomic E-state index is 9.93. The van der Waals surface area contributed by atoms with Crippen molar-refractivity contribution in [1.29, 1.82) is 5.41 Å². The average Bonchev–Trinajstić information content (AvgIpc) is 3.11. The van der Waals surface area contributed by atoms with Crippen LogP contribution in [0, 0.1) is 17.7 Å². The molecule has 7 nitrogen and oxygen atoms in total. The molecule has 2 aromatic rings. The van der Waals surface area contributed by atoms with Gasteiger partial charge < -0.3 is 14.9 Å². The molecule has 0 aromatic carbocycles. The Kier molecular flexibility index (Phi) is 5.54. The molecule has 0 aliphatic heterocycles. The molecule has 0 amide bonds. The van der Waals surface area contributed by atoms with Gasteiger partial charge >= 0.3 is 0 Å². The molecule has 0 radical (unpaired) electrons. The van der Waals surface area contributed by atoms with E-state index in [-0.39, 0.29) is 22.9 Å². The number of aromatic nitrogens is 3. The molecule has 0 saturated heterocycles. The molecule has 0 fully saturated rings. The zero-order valence-electron chi connectivity index (χ0n) is 17.3. The van der Waals surface area contributed by atoms with Crippen molar-refractivity contribution < 1.29 is 9.63 Å². The second-order valence-electron chi connectivity index (χ2n) is 8.08. The molecule has 150 valence electrons. The molecule has 3 N–H and O–H groups in total. The standard InChI is InChI=1S/C21H29N5O2/c1-6-13-10-15(12(3)24-19(13)27)18-25-20(28-26-18)17(22)14-8-9-21(4,5)11-16(14)23-7-2/h10,22-23H,6-9,11H2,1-5H3,(H,24,27). The highest BCUT2D eigenvalue weighted by atomic mass is 16.5. The highest BCUT2D eigenvalue weighted by molar-refractivity contribution is 6.08. The largest absolute Gasteiger partial charge is 0.493 e. The quantitative estimate of drug-likeness (QED) is 0.647. The van der Waals surface area contributed by atoms with E-state index < -0.39 is 0 Å². The predicted octanol–water partition coefficient (Wildman–Crippen LogP) is 4.15. The van der Waals surface area contributed by atoms with E-state index in [0.717, 1.165) is 42.6 Å². The molecule has 1 aliphatic rings. The van der Waals surface area contributed by atoms with Gasteiger partial charge in [-0.15, -0.1) is 0 Å². The number of pyridine rings is 1. The SMILES string of the molecule is CCNC1=C(C(=N)c2nc(-c3cc(CC)c(O)nc3C)no2)CCC(C)(C)C1. The third-order valence-corrected chi connectivity index (χ3v) is 5.29. The lowest BCUT2D eigenvalue weighted by atomic mass is 9.75. The zero-order chi connectivity index (χ0) is 20.5. The summed E-state index contributed by atoms with van der Waals surface area (Å²) in [7, 11) is 0. The monoisotopic (exact) mass is 383 g/mol. The van der Waals surface area contributed by atoms with Crippen molar-refractivity contribution in [2.75, 3.05) is 6.54 Å². The van der Waals surface area contributed by atoms with Crippen LogP contribution in [0.25, 0.3) is 11.4 Å². The summed E-state index contributed by atoms with van der Waals surface area (Å²) >= 11 is 0. The Hall–Kier alpha value is -2.70. The Labute approximate surface area is 165 Å². The third-order valence-electron chi connectivity index (χ3n) is 5.29. The van der Waals surface area contributed by atoms with E-state index in [1.807, 2.05) is 13.0 Å². The first-order chi connectivity index (χ1) is 13.3. The van der Waals surface area contributed by atoms with Crippen LogP contribution in [0.5, 0.6) is 5.88 Å². The van der Waals surface area contributed by atoms with Crippen LogP contribution in [-0.4, -0.2) is 32.5 Å². The smallest absolute Gasteiger partial charge is 0.276 e. The summed E-state index contributed by atoms with van der Waals surface area (Å²) in [6.45, 7) is 11.1. The van der Waals surface area contributed by atoms with Gasteiger partial charge in [-0.25, -0.2) is 4.98 Å². The van der Waals surface area contributed by atoms with Gasteiger partial charge in [-0.2, -0.15) is 4.98 Å². The fraction of sp³-hybridized carbons (Fsp3) is 0.524. The Morgan fingerprint density at radius 2 is 2.07 bits per heavy atom. The zero-order valence-corrected chi connectivity index (χ0v) is 17.3. The number of aromatic hydroxyl groups is 1. The Balaban J connectivity index is 1.95. The summed E-state index contributed by atoms with van der Waals surface area (Å²) in [6, 6.07) is 1.84. The summed E-state index contributed by atoms with van der Waals surface area (Å²) in [5.74, 6) is 0.636. The van der Waals surface area contributed by atoms with Gasteiger partial charge in [0.2, 0.25) is 11.7 Å². The Bertz CT molecular complexity index is 927. The van der Waals surface area contributed by atoms with Gasteiger partial charge in [0.25, 0.3) is 5.89 Å². The fourth-order valence-electron chi connectivity index (χ4n) is 3.63. The van der Waals surface area contributed by atoms with E-state index in [4.69, 9.17) is 9.93 Å². The first kappa shape index (κ1) is 20.0. The maximum Gasteiger partial charge on any atom is 0.276 e. The highest BCUT2D eigenvalue weighted by Crippen LogP contribution is 2.38. The Morgan fingerprint density at radius 3 is 2.75 bits per heavy atom. The number of nitrogens with one attached hydrogen (secondary N) is 2. The van der Waals surface area contributed by atoms with E-state index in [1.54, 1.807) is 6.92 Å². The molecular formula is C21H29N5O2. The van der Waals surface area contributed by atoms with Gasteiger partial charge in [-0.1, -0.05) is 25.9 Å². The van der Waals surface area contributed by atoms with E-state index in [2.05, 4.69) is 41.2 Å². The molecule has 0 unspecified atom stereocenters. The van der Waals surface area contributed by atoms with Crippen molar-refractivity contribution in [3.05, 3.63) is 34.5 Å². The normalized spacial score (nSPS) is 16.3. The molecule has 0 bridgehead atoms. The van der Waals surface area contributed by atoms with Gasteiger partial charge in [0.1, 0.15) is 5.71 Å². The molecule has 7 heteroatoms. The lowest BCUT2D eigenvalue weighted by Gasteiger charge is -2.33. The molecule has 3 rings (SSSR count). The van der Waals surface area contributed by atoms with Crippen molar-refractivity contribution in [3.63, 3.8) is 0 Å². The molecule has 1 aliphatic carbocycles. The summed E-state index contributed by atoms with van der Waals surface area (Å²) in [4.78, 5) is 8.64. The molecule has 2 heterocycles. The van der Waals surface area contributed by atoms with Gasteiger partial charge in [0.05, 0.1) is 5.69 Å². The summed E-state index contributed by atoms with van der Waals surface area (Å²) < 4.78 is 5.43. The van der Waals surface area contributed by atoms with Crippen molar-refractivity contribution in [1.82, 2.24) is 20.4 Å². The number of rotatable bonds is 6. The van der Waals surface area contributed by atoms with E-state index in [9.17, 15) is 5.11 Å². The number of nitrogens with zero attached hydrogens (tertiary/aromatic N) is 3. The van der Waals surface area contributed by atoms with Crippen molar-refractivity contribution in [2.45, 2.75) is 60.3 Å². The second-order valence-corrected chi connectivity index (χ2v) is 8.08. The van der Waals surface area contributed by atoms with Crippen molar-refractivity contribution in [3.8, 4) is 17.3 Å². The molecule has 28 heavy (non-hydrogen) atoms. The molecule has 0 atom stereocenters. The predicted molar refractivity (Wildman–Crippen MR) is 108 cm³/mol. The average molecular weight is 383 g/mol.